The summed E-state index contributed by atoms with van der Waals surface area (Å²) in [6.45, 7) is 2.02. The van der Waals surface area contributed by atoms with Crippen molar-refractivity contribution in [3.8, 4) is 5.88 Å². The molecule has 2 N–H and O–H groups in total. The van der Waals surface area contributed by atoms with Crippen LogP contribution < -0.4 is 10.1 Å². The van der Waals surface area contributed by atoms with Gasteiger partial charge in [-0.25, -0.2) is 14.8 Å². The number of anilines is 1. The smallest absolute Gasteiger partial charge is 0.326 e. The minimum absolute atomic E-state index is 0.405. The maximum Gasteiger partial charge on any atom is 0.326 e. The third-order valence-electron chi connectivity index (χ3n) is 2.32. The molecule has 0 bridgehead atoms. The Morgan fingerprint density at radius 1 is 1.59 bits per heavy atom. The molecule has 0 aromatic carbocycles. The van der Waals surface area contributed by atoms with Crippen molar-refractivity contribution in [2.45, 2.75) is 32.2 Å². The number of unbranched alkanes of at least 4 members (excludes halogenated alkanes) is 1. The highest BCUT2D eigenvalue weighted by Crippen LogP contribution is 2.13. The van der Waals surface area contributed by atoms with Crippen LogP contribution in [0, 0.1) is 0 Å². The molecule has 0 fully saturated rings. The molecule has 1 rings (SSSR count). The molecule has 0 unspecified atom stereocenters. The Morgan fingerprint density at radius 3 is 2.94 bits per heavy atom. The van der Waals surface area contributed by atoms with E-state index in [4.69, 9.17) is 9.84 Å². The number of carboxylic acids is 1. The number of nitrogens with zero attached hydrogens (tertiary/aromatic N) is 2. The molecule has 0 aliphatic rings. The third kappa shape index (κ3) is 4.26. The van der Waals surface area contributed by atoms with Crippen molar-refractivity contribution in [2.24, 2.45) is 0 Å². The molecule has 1 atom stereocenters. The first-order valence-electron chi connectivity index (χ1n) is 5.52. The van der Waals surface area contributed by atoms with E-state index in [2.05, 4.69) is 15.3 Å². The lowest BCUT2D eigenvalue weighted by Crippen LogP contribution is -2.29. The molecule has 1 aromatic heterocycles. The molecular weight excluding hydrogens is 222 g/mol. The van der Waals surface area contributed by atoms with E-state index in [-0.39, 0.29) is 0 Å². The second-order valence-corrected chi connectivity index (χ2v) is 3.62. The molecule has 0 radical (unpaired) electrons. The topological polar surface area (TPSA) is 84.3 Å². The van der Waals surface area contributed by atoms with E-state index in [1.165, 1.54) is 13.4 Å². The average Bonchev–Trinajstić information content (AvgIpc) is 2.34. The summed E-state index contributed by atoms with van der Waals surface area (Å²) in [7, 11) is 1.50. The van der Waals surface area contributed by atoms with Crippen LogP contribution in [-0.4, -0.2) is 34.2 Å². The maximum absolute atomic E-state index is 11.0. The standard InChI is InChI=1S/C11H17N3O3/c1-3-4-5-8(11(15)16)14-9-6-10(17-2)13-7-12-9/h6-8H,3-5H2,1-2H3,(H,15,16)(H,12,13,14)/t8-/m0/s1. The molecule has 17 heavy (non-hydrogen) atoms. The van der Waals surface area contributed by atoms with Gasteiger partial charge in [-0.15, -0.1) is 0 Å². The van der Waals surface area contributed by atoms with Gasteiger partial charge in [-0.1, -0.05) is 19.8 Å². The van der Waals surface area contributed by atoms with E-state index in [0.29, 0.717) is 18.1 Å². The zero-order chi connectivity index (χ0) is 12.7. The number of carbonyl (C=O) groups is 1. The largest absolute Gasteiger partial charge is 0.481 e. The van der Waals surface area contributed by atoms with Crippen LogP contribution in [0.15, 0.2) is 12.4 Å². The van der Waals surface area contributed by atoms with Crippen molar-refractivity contribution in [3.05, 3.63) is 12.4 Å². The van der Waals surface area contributed by atoms with Gasteiger partial charge in [-0.3, -0.25) is 0 Å². The molecule has 1 heterocycles. The summed E-state index contributed by atoms with van der Waals surface area (Å²) in [6, 6.07) is 0.941. The molecule has 6 heteroatoms. The van der Waals surface area contributed by atoms with Crippen molar-refractivity contribution < 1.29 is 14.6 Å². The zero-order valence-electron chi connectivity index (χ0n) is 10.0. The second kappa shape index (κ2) is 6.67. The number of carboxylic acid groups (broad SMARTS) is 1. The van der Waals surface area contributed by atoms with Crippen molar-refractivity contribution in [1.82, 2.24) is 9.97 Å². The zero-order valence-corrected chi connectivity index (χ0v) is 10.0. The van der Waals surface area contributed by atoms with Gasteiger partial charge in [0.15, 0.2) is 0 Å². The molecular formula is C11H17N3O3. The first kappa shape index (κ1) is 13.2. The number of hydrogen-bond donors (Lipinski definition) is 2. The predicted octanol–water partition coefficient (Wildman–Crippen LogP) is 1.54. The lowest BCUT2D eigenvalue weighted by atomic mass is 10.1. The molecule has 0 aliphatic carbocycles. The number of ether oxygens (including phenoxy) is 1. The lowest BCUT2D eigenvalue weighted by molar-refractivity contribution is -0.138. The van der Waals surface area contributed by atoms with Crippen LogP contribution in [0.4, 0.5) is 5.82 Å². The van der Waals surface area contributed by atoms with E-state index in [1.54, 1.807) is 6.07 Å². The summed E-state index contributed by atoms with van der Waals surface area (Å²) in [5.41, 5.74) is 0. The van der Waals surface area contributed by atoms with E-state index in [0.717, 1.165) is 12.8 Å². The Bertz CT molecular complexity index is 371. The number of aliphatic carboxylic acids is 1. The lowest BCUT2D eigenvalue weighted by Gasteiger charge is -2.14. The monoisotopic (exact) mass is 239 g/mol. The summed E-state index contributed by atoms with van der Waals surface area (Å²) >= 11 is 0. The number of hydrogen-bond acceptors (Lipinski definition) is 5. The summed E-state index contributed by atoms with van der Waals surface area (Å²) in [5, 5.41) is 11.9. The highest BCUT2D eigenvalue weighted by molar-refractivity contribution is 5.76. The van der Waals surface area contributed by atoms with E-state index in [9.17, 15) is 4.79 Å². The van der Waals surface area contributed by atoms with Crippen molar-refractivity contribution in [3.63, 3.8) is 0 Å². The van der Waals surface area contributed by atoms with Crippen LogP contribution in [0.25, 0.3) is 0 Å². The highest BCUT2D eigenvalue weighted by atomic mass is 16.5. The Labute approximate surface area is 100 Å². The number of rotatable bonds is 7. The van der Waals surface area contributed by atoms with Crippen molar-refractivity contribution in [1.29, 1.82) is 0 Å². The second-order valence-electron chi connectivity index (χ2n) is 3.62. The molecule has 0 amide bonds. The van der Waals surface area contributed by atoms with Crippen LogP contribution in [-0.2, 0) is 4.79 Å². The quantitative estimate of drug-likeness (QED) is 0.750. The molecule has 0 spiro atoms. The Hall–Kier alpha value is -1.85. The molecule has 6 nitrogen and oxygen atoms in total. The van der Waals surface area contributed by atoms with Crippen molar-refractivity contribution in [2.75, 3.05) is 12.4 Å². The van der Waals surface area contributed by atoms with Crippen LogP contribution in [0.3, 0.4) is 0 Å². The fourth-order valence-corrected chi connectivity index (χ4v) is 1.37. The van der Waals surface area contributed by atoms with Crippen LogP contribution in [0.2, 0.25) is 0 Å². The Balaban J connectivity index is 2.67. The predicted molar refractivity (Wildman–Crippen MR) is 63.2 cm³/mol. The van der Waals surface area contributed by atoms with Crippen LogP contribution in [0.5, 0.6) is 5.88 Å². The number of aromatic nitrogens is 2. The van der Waals surface area contributed by atoms with Gasteiger partial charge in [0.2, 0.25) is 5.88 Å². The van der Waals surface area contributed by atoms with Gasteiger partial charge >= 0.3 is 5.97 Å². The SMILES string of the molecule is CCCC[C@H](Nc1cc(OC)ncn1)C(=O)O. The van der Waals surface area contributed by atoms with Crippen molar-refractivity contribution >= 4 is 11.8 Å². The maximum atomic E-state index is 11.0. The first-order chi connectivity index (χ1) is 8.17. The van der Waals surface area contributed by atoms with Gasteiger partial charge in [-0.2, -0.15) is 0 Å². The molecule has 0 saturated carbocycles. The van der Waals surface area contributed by atoms with E-state index >= 15 is 0 Å². The summed E-state index contributed by atoms with van der Waals surface area (Å²) in [6.07, 6.45) is 3.71. The first-order valence-corrected chi connectivity index (χ1v) is 5.52. The summed E-state index contributed by atoms with van der Waals surface area (Å²) < 4.78 is 4.94. The van der Waals surface area contributed by atoms with Crippen LogP contribution in [0.1, 0.15) is 26.2 Å². The minimum Gasteiger partial charge on any atom is -0.481 e. The number of methoxy groups -OCH3 is 1. The van der Waals surface area contributed by atoms with E-state index in [1.807, 2.05) is 6.92 Å². The van der Waals surface area contributed by atoms with Gasteiger partial charge in [0.25, 0.3) is 0 Å². The summed E-state index contributed by atoms with van der Waals surface area (Å²) in [4.78, 5) is 18.8. The normalized spacial score (nSPS) is 11.9. The number of nitrogens with one attached hydrogen (secondary N) is 1. The van der Waals surface area contributed by atoms with Gasteiger partial charge in [-0.05, 0) is 6.42 Å². The fourth-order valence-electron chi connectivity index (χ4n) is 1.37. The fraction of sp³-hybridized carbons (Fsp3) is 0.545. The Morgan fingerprint density at radius 2 is 2.35 bits per heavy atom. The Kier molecular flexibility index (Phi) is 5.19. The molecule has 94 valence electrons. The van der Waals surface area contributed by atoms with Gasteiger partial charge < -0.3 is 15.2 Å². The molecule has 1 aromatic rings. The van der Waals surface area contributed by atoms with E-state index < -0.39 is 12.0 Å². The molecule has 0 aliphatic heterocycles. The summed E-state index contributed by atoms with van der Waals surface area (Å²) in [5.74, 6) is -0.0153. The highest BCUT2D eigenvalue weighted by Gasteiger charge is 2.17. The average molecular weight is 239 g/mol. The minimum atomic E-state index is -0.879. The molecule has 0 saturated heterocycles. The third-order valence-corrected chi connectivity index (χ3v) is 2.32. The van der Waals surface area contributed by atoms with Gasteiger partial charge in [0.05, 0.1) is 7.11 Å². The van der Waals surface area contributed by atoms with Gasteiger partial charge in [0.1, 0.15) is 18.2 Å². The van der Waals surface area contributed by atoms with Crippen LogP contribution >= 0.6 is 0 Å². The van der Waals surface area contributed by atoms with Gasteiger partial charge in [0, 0.05) is 6.07 Å².